The van der Waals surface area contributed by atoms with Crippen molar-refractivity contribution >= 4 is 18.3 Å². The van der Waals surface area contributed by atoms with E-state index in [9.17, 15) is 4.79 Å². The first-order valence-corrected chi connectivity index (χ1v) is 3.68. The Morgan fingerprint density at radius 1 is 1.62 bits per heavy atom. The summed E-state index contributed by atoms with van der Waals surface area (Å²) < 4.78 is 0. The summed E-state index contributed by atoms with van der Waals surface area (Å²) in [5, 5.41) is 2.64. The molecule has 0 fully saturated rings. The van der Waals surface area contributed by atoms with Crippen LogP contribution < -0.4 is 11.1 Å². The molecule has 0 aliphatic rings. The normalized spacial score (nSPS) is 8.69. The van der Waals surface area contributed by atoms with Crippen LogP contribution in [0.2, 0.25) is 0 Å². The molecule has 0 aliphatic carbocycles. The van der Waals surface area contributed by atoms with Crippen LogP contribution in [0.4, 0.5) is 0 Å². The minimum Gasteiger partial charge on any atom is -0.351 e. The van der Waals surface area contributed by atoms with E-state index >= 15 is 0 Å². The van der Waals surface area contributed by atoms with Gasteiger partial charge >= 0.3 is 0 Å². The Kier molecular flexibility index (Phi) is 5.84. The molecule has 0 aromatic carbocycles. The average Bonchev–Trinajstić information content (AvgIpc) is 2.16. The molecule has 0 bridgehead atoms. The summed E-state index contributed by atoms with van der Waals surface area (Å²) in [6.45, 7) is 0.518. The number of carbonyl (C=O) groups is 1. The molecule has 1 aromatic heterocycles. The van der Waals surface area contributed by atoms with Gasteiger partial charge in [0.25, 0.3) is 0 Å². The van der Waals surface area contributed by atoms with E-state index in [2.05, 4.69) is 10.3 Å². The third kappa shape index (κ3) is 4.45. The van der Waals surface area contributed by atoms with Crippen LogP contribution in [0.15, 0.2) is 24.5 Å². The van der Waals surface area contributed by atoms with E-state index in [1.54, 1.807) is 12.4 Å². The molecule has 0 saturated heterocycles. The Balaban J connectivity index is 0.00000144. The van der Waals surface area contributed by atoms with Crippen LogP contribution in [0.5, 0.6) is 0 Å². The molecule has 5 heteroatoms. The molecule has 1 amide bonds. The van der Waals surface area contributed by atoms with Crippen LogP contribution >= 0.6 is 12.4 Å². The molecule has 3 N–H and O–H groups in total. The first-order chi connectivity index (χ1) is 5.83. The number of pyridine rings is 1. The van der Waals surface area contributed by atoms with Crippen LogP contribution in [0.3, 0.4) is 0 Å². The van der Waals surface area contributed by atoms with Crippen molar-refractivity contribution in [1.29, 1.82) is 0 Å². The highest BCUT2D eigenvalue weighted by Crippen LogP contribution is 1.93. The molecule has 13 heavy (non-hydrogen) atoms. The Morgan fingerprint density at radius 2 is 2.38 bits per heavy atom. The lowest BCUT2D eigenvalue weighted by molar-refractivity contribution is -0.119. The van der Waals surface area contributed by atoms with Crippen molar-refractivity contribution in [2.24, 2.45) is 5.73 Å². The van der Waals surface area contributed by atoms with Gasteiger partial charge in [0.15, 0.2) is 0 Å². The topological polar surface area (TPSA) is 68.0 Å². The number of nitrogens with one attached hydrogen (secondary N) is 1. The lowest BCUT2D eigenvalue weighted by Crippen LogP contribution is -2.29. The van der Waals surface area contributed by atoms with Crippen molar-refractivity contribution in [3.63, 3.8) is 0 Å². The van der Waals surface area contributed by atoms with Gasteiger partial charge in [0.2, 0.25) is 5.91 Å². The van der Waals surface area contributed by atoms with Gasteiger partial charge in [0, 0.05) is 18.9 Å². The molecule has 4 nitrogen and oxygen atoms in total. The summed E-state index contributed by atoms with van der Waals surface area (Å²) in [6, 6.07) is 3.72. The standard InChI is InChI=1S/C8H11N3O.ClH/c9-4-8(12)11-6-7-2-1-3-10-5-7;/h1-3,5H,4,6,9H2,(H,11,12);1H. The van der Waals surface area contributed by atoms with Gasteiger partial charge in [-0.25, -0.2) is 0 Å². The summed E-state index contributed by atoms with van der Waals surface area (Å²) in [4.78, 5) is 14.6. The van der Waals surface area contributed by atoms with E-state index in [0.29, 0.717) is 6.54 Å². The highest BCUT2D eigenvalue weighted by Gasteiger charge is 1.96. The zero-order valence-electron chi connectivity index (χ0n) is 7.06. The predicted octanol–water partition coefficient (Wildman–Crippen LogP) is 0.0783. The lowest BCUT2D eigenvalue weighted by Gasteiger charge is -2.01. The van der Waals surface area contributed by atoms with Crippen molar-refractivity contribution in [3.05, 3.63) is 30.1 Å². The number of halogens is 1. The fourth-order valence-corrected chi connectivity index (χ4v) is 0.776. The fourth-order valence-electron chi connectivity index (χ4n) is 0.776. The smallest absolute Gasteiger partial charge is 0.234 e. The average molecular weight is 202 g/mol. The van der Waals surface area contributed by atoms with Gasteiger partial charge in [-0.1, -0.05) is 6.07 Å². The van der Waals surface area contributed by atoms with E-state index in [1.807, 2.05) is 12.1 Å². The van der Waals surface area contributed by atoms with E-state index in [1.165, 1.54) is 0 Å². The van der Waals surface area contributed by atoms with Crippen LogP contribution in [0.25, 0.3) is 0 Å². The van der Waals surface area contributed by atoms with Gasteiger partial charge in [-0.15, -0.1) is 12.4 Å². The molecule has 1 aromatic rings. The van der Waals surface area contributed by atoms with Crippen molar-refractivity contribution in [1.82, 2.24) is 10.3 Å². The van der Waals surface area contributed by atoms with Crippen molar-refractivity contribution in [3.8, 4) is 0 Å². The first-order valence-electron chi connectivity index (χ1n) is 3.68. The van der Waals surface area contributed by atoms with Gasteiger partial charge in [0.1, 0.15) is 0 Å². The van der Waals surface area contributed by atoms with Crippen LogP contribution in [0, 0.1) is 0 Å². The molecular formula is C8H12ClN3O. The van der Waals surface area contributed by atoms with E-state index in [4.69, 9.17) is 5.73 Å². The summed E-state index contributed by atoms with van der Waals surface area (Å²) in [6.07, 6.45) is 3.39. The molecule has 1 rings (SSSR count). The van der Waals surface area contributed by atoms with Gasteiger partial charge < -0.3 is 11.1 Å². The minimum atomic E-state index is -0.154. The molecule has 0 spiro atoms. The maximum atomic E-state index is 10.7. The number of nitrogens with zero attached hydrogens (tertiary/aromatic N) is 1. The molecule has 0 unspecified atom stereocenters. The SMILES string of the molecule is Cl.NCC(=O)NCc1cccnc1. The molecule has 72 valence electrons. The number of rotatable bonds is 3. The largest absolute Gasteiger partial charge is 0.351 e. The highest BCUT2D eigenvalue weighted by atomic mass is 35.5. The molecule has 0 aliphatic heterocycles. The third-order valence-electron chi connectivity index (χ3n) is 1.40. The summed E-state index contributed by atoms with van der Waals surface area (Å²) in [7, 11) is 0. The quantitative estimate of drug-likeness (QED) is 0.728. The van der Waals surface area contributed by atoms with Gasteiger partial charge in [-0.2, -0.15) is 0 Å². The summed E-state index contributed by atoms with van der Waals surface area (Å²) >= 11 is 0. The van der Waals surface area contributed by atoms with Gasteiger partial charge in [0.05, 0.1) is 6.54 Å². The maximum Gasteiger partial charge on any atom is 0.234 e. The minimum absolute atomic E-state index is 0. The Bertz CT molecular complexity index is 253. The Morgan fingerprint density at radius 3 is 2.92 bits per heavy atom. The number of hydrogen-bond donors (Lipinski definition) is 2. The zero-order chi connectivity index (χ0) is 8.81. The van der Waals surface area contributed by atoms with E-state index in [0.717, 1.165) is 5.56 Å². The van der Waals surface area contributed by atoms with Crippen molar-refractivity contribution < 1.29 is 4.79 Å². The van der Waals surface area contributed by atoms with Gasteiger partial charge in [-0.05, 0) is 11.6 Å². The second-order valence-corrected chi connectivity index (χ2v) is 2.34. The third-order valence-corrected chi connectivity index (χ3v) is 1.40. The van der Waals surface area contributed by atoms with E-state index < -0.39 is 0 Å². The fraction of sp³-hybridized carbons (Fsp3) is 0.250. The lowest BCUT2D eigenvalue weighted by atomic mass is 10.3. The van der Waals surface area contributed by atoms with Crippen LogP contribution in [-0.4, -0.2) is 17.4 Å². The summed E-state index contributed by atoms with van der Waals surface area (Å²) in [5.41, 5.74) is 6.08. The number of aromatic nitrogens is 1. The van der Waals surface area contributed by atoms with Crippen molar-refractivity contribution in [2.45, 2.75) is 6.54 Å². The predicted molar refractivity (Wildman–Crippen MR) is 52.4 cm³/mol. The molecule has 1 heterocycles. The van der Waals surface area contributed by atoms with Crippen LogP contribution in [0.1, 0.15) is 5.56 Å². The Hall–Kier alpha value is -1.13. The monoisotopic (exact) mass is 201 g/mol. The van der Waals surface area contributed by atoms with Gasteiger partial charge in [-0.3, -0.25) is 9.78 Å². The Labute approximate surface area is 83.0 Å². The molecular weight excluding hydrogens is 190 g/mol. The highest BCUT2D eigenvalue weighted by molar-refractivity contribution is 5.85. The number of hydrogen-bond acceptors (Lipinski definition) is 3. The number of carbonyl (C=O) groups excluding carboxylic acids is 1. The number of nitrogens with two attached hydrogens (primary N) is 1. The second-order valence-electron chi connectivity index (χ2n) is 2.34. The van der Waals surface area contributed by atoms with Crippen molar-refractivity contribution in [2.75, 3.05) is 6.54 Å². The zero-order valence-corrected chi connectivity index (χ0v) is 7.88. The van der Waals surface area contributed by atoms with Crippen LogP contribution in [-0.2, 0) is 11.3 Å². The van der Waals surface area contributed by atoms with E-state index in [-0.39, 0.29) is 24.9 Å². The molecule has 0 radical (unpaired) electrons. The molecule has 0 atom stereocenters. The summed E-state index contributed by atoms with van der Waals surface area (Å²) in [5.74, 6) is -0.154. The second kappa shape index (κ2) is 6.39. The number of amides is 1. The molecule has 0 saturated carbocycles. The first kappa shape index (κ1) is 11.9. The maximum absolute atomic E-state index is 10.7.